The van der Waals surface area contributed by atoms with Gasteiger partial charge < -0.3 is 19.4 Å². The predicted molar refractivity (Wildman–Crippen MR) is 119 cm³/mol. The largest absolute Gasteiger partial charge is 0.469 e. The van der Waals surface area contributed by atoms with E-state index in [-0.39, 0.29) is 11.0 Å². The first-order valence-electron chi connectivity index (χ1n) is 10.9. The van der Waals surface area contributed by atoms with Crippen LogP contribution in [-0.2, 0) is 11.2 Å². The summed E-state index contributed by atoms with van der Waals surface area (Å²) in [7, 11) is 4.36. The van der Waals surface area contributed by atoms with Crippen molar-refractivity contribution in [2.45, 2.75) is 51.0 Å². The lowest BCUT2D eigenvalue weighted by molar-refractivity contribution is -0.109. The maximum absolute atomic E-state index is 6.00. The van der Waals surface area contributed by atoms with E-state index < -0.39 is 0 Å². The normalized spacial score (nSPS) is 22.7. The molecule has 0 bridgehead atoms. The van der Waals surface area contributed by atoms with E-state index in [0.717, 1.165) is 57.7 Å². The van der Waals surface area contributed by atoms with Gasteiger partial charge >= 0.3 is 0 Å². The minimum absolute atomic E-state index is 0.0417. The highest BCUT2D eigenvalue weighted by Crippen LogP contribution is 2.39. The van der Waals surface area contributed by atoms with Crippen molar-refractivity contribution in [3.8, 4) is 0 Å². The molecular formula is C25H38N2O2. The number of rotatable bonds is 10. The monoisotopic (exact) mass is 398 g/mol. The van der Waals surface area contributed by atoms with Crippen LogP contribution in [0.25, 0.3) is 0 Å². The molecule has 2 heterocycles. The molecule has 2 unspecified atom stereocenters. The third kappa shape index (κ3) is 6.70. The topological polar surface area (TPSA) is 37.6 Å². The first-order valence-corrected chi connectivity index (χ1v) is 10.9. The van der Waals surface area contributed by atoms with Crippen LogP contribution in [-0.4, -0.2) is 50.8 Å². The summed E-state index contributed by atoms with van der Waals surface area (Å²) in [6.07, 6.45) is 6.08. The van der Waals surface area contributed by atoms with Crippen molar-refractivity contribution in [3.63, 3.8) is 0 Å². The van der Waals surface area contributed by atoms with Crippen LogP contribution in [0.2, 0.25) is 0 Å². The van der Waals surface area contributed by atoms with Gasteiger partial charge in [0.1, 0.15) is 5.76 Å². The number of nitrogens with one attached hydrogen (secondary N) is 1. The second-order valence-corrected chi connectivity index (χ2v) is 9.64. The number of hydrogen-bond acceptors (Lipinski definition) is 4. The van der Waals surface area contributed by atoms with E-state index in [1.807, 2.05) is 6.07 Å². The van der Waals surface area contributed by atoms with Crippen molar-refractivity contribution in [2.75, 3.05) is 40.3 Å². The number of hydrogen-bond donors (Lipinski definition) is 1. The van der Waals surface area contributed by atoms with Gasteiger partial charge in [-0.2, -0.15) is 0 Å². The minimum Gasteiger partial charge on any atom is -0.469 e. The number of nitrogens with zero attached hydrogens (tertiary/aromatic N) is 1. The van der Waals surface area contributed by atoms with Crippen molar-refractivity contribution in [1.82, 2.24) is 10.2 Å². The molecule has 0 radical (unpaired) electrons. The molecule has 0 spiro atoms. The average Bonchev–Trinajstić information content (AvgIpc) is 3.18. The van der Waals surface area contributed by atoms with Gasteiger partial charge in [-0.15, -0.1) is 0 Å². The number of furan rings is 1. The molecule has 1 aliphatic heterocycles. The SMILES string of the molecule is CN(C)CC1(CNCCC(Cc2ccccc2)c2ccco2)CCOC(C)(C)C1. The molecule has 1 saturated heterocycles. The second-order valence-electron chi connectivity index (χ2n) is 9.64. The Bertz CT molecular complexity index is 712. The Balaban J connectivity index is 1.58. The second kappa shape index (κ2) is 9.92. The molecule has 0 saturated carbocycles. The van der Waals surface area contributed by atoms with Crippen molar-refractivity contribution in [1.29, 1.82) is 0 Å². The molecule has 29 heavy (non-hydrogen) atoms. The van der Waals surface area contributed by atoms with Gasteiger partial charge in [0, 0.05) is 31.0 Å². The van der Waals surface area contributed by atoms with Crippen LogP contribution in [0.15, 0.2) is 53.1 Å². The zero-order valence-corrected chi connectivity index (χ0v) is 18.6. The summed E-state index contributed by atoms with van der Waals surface area (Å²) in [5.74, 6) is 1.49. The Morgan fingerprint density at radius 3 is 2.55 bits per heavy atom. The molecule has 0 aliphatic carbocycles. The van der Waals surface area contributed by atoms with Crippen molar-refractivity contribution >= 4 is 0 Å². The van der Waals surface area contributed by atoms with Gasteiger partial charge in [0.05, 0.1) is 11.9 Å². The van der Waals surface area contributed by atoms with Gasteiger partial charge in [-0.05, 0) is 77.9 Å². The molecule has 1 aromatic carbocycles. The fourth-order valence-electron chi connectivity index (χ4n) is 5.00. The lowest BCUT2D eigenvalue weighted by Gasteiger charge is -2.46. The fourth-order valence-corrected chi connectivity index (χ4v) is 5.00. The summed E-state index contributed by atoms with van der Waals surface area (Å²) in [5, 5.41) is 3.79. The lowest BCUT2D eigenvalue weighted by atomic mass is 9.73. The molecule has 1 aromatic heterocycles. The summed E-state index contributed by atoms with van der Waals surface area (Å²) >= 11 is 0. The molecule has 2 atom stereocenters. The molecule has 1 aliphatic rings. The quantitative estimate of drug-likeness (QED) is 0.588. The van der Waals surface area contributed by atoms with Crippen molar-refractivity contribution in [3.05, 3.63) is 60.1 Å². The maximum atomic E-state index is 6.00. The van der Waals surface area contributed by atoms with Crippen LogP contribution >= 0.6 is 0 Å². The average molecular weight is 399 g/mol. The van der Waals surface area contributed by atoms with E-state index in [4.69, 9.17) is 9.15 Å². The molecule has 2 aromatic rings. The first kappa shape index (κ1) is 22.1. The Morgan fingerprint density at radius 2 is 1.90 bits per heavy atom. The summed E-state index contributed by atoms with van der Waals surface area (Å²) in [5.41, 5.74) is 1.59. The molecule has 1 fully saturated rings. The van der Waals surface area contributed by atoms with Crippen LogP contribution in [0.4, 0.5) is 0 Å². The summed E-state index contributed by atoms with van der Waals surface area (Å²) in [6, 6.07) is 14.8. The minimum atomic E-state index is -0.0417. The summed E-state index contributed by atoms with van der Waals surface area (Å²) in [6.45, 7) is 8.43. The van der Waals surface area contributed by atoms with Gasteiger partial charge in [0.2, 0.25) is 0 Å². The number of benzene rings is 1. The smallest absolute Gasteiger partial charge is 0.107 e. The molecule has 3 rings (SSSR count). The third-order valence-corrected chi connectivity index (χ3v) is 6.02. The standard InChI is InChI=1S/C25H38N2O2/c1-24(2)18-25(13-16-29-24,20-27(3)4)19-26-14-12-22(23-11-8-15-28-23)17-21-9-6-5-7-10-21/h5-11,15,22,26H,12-14,16-20H2,1-4H3. The van der Waals surface area contributed by atoms with Crippen LogP contribution in [0.1, 0.15) is 50.4 Å². The van der Waals surface area contributed by atoms with E-state index in [0.29, 0.717) is 5.92 Å². The van der Waals surface area contributed by atoms with E-state index in [1.165, 1.54) is 5.56 Å². The van der Waals surface area contributed by atoms with Gasteiger partial charge in [0.15, 0.2) is 0 Å². The molecule has 0 amide bonds. The highest BCUT2D eigenvalue weighted by molar-refractivity contribution is 5.19. The third-order valence-electron chi connectivity index (χ3n) is 6.02. The van der Waals surface area contributed by atoms with E-state index in [9.17, 15) is 0 Å². The molecular weight excluding hydrogens is 360 g/mol. The Morgan fingerprint density at radius 1 is 1.10 bits per heavy atom. The van der Waals surface area contributed by atoms with Crippen LogP contribution in [0, 0.1) is 5.41 Å². The summed E-state index contributed by atoms with van der Waals surface area (Å²) < 4.78 is 11.8. The molecule has 4 heteroatoms. The van der Waals surface area contributed by atoms with Crippen LogP contribution in [0.3, 0.4) is 0 Å². The summed E-state index contributed by atoms with van der Waals surface area (Å²) in [4.78, 5) is 2.32. The van der Waals surface area contributed by atoms with Crippen molar-refractivity contribution < 1.29 is 9.15 Å². The Kier molecular flexibility index (Phi) is 7.55. The highest BCUT2D eigenvalue weighted by atomic mass is 16.5. The zero-order valence-electron chi connectivity index (χ0n) is 18.6. The molecule has 4 nitrogen and oxygen atoms in total. The van der Waals surface area contributed by atoms with Gasteiger partial charge in [0.25, 0.3) is 0 Å². The predicted octanol–water partition coefficient (Wildman–Crippen LogP) is 4.72. The fraction of sp³-hybridized carbons (Fsp3) is 0.600. The Labute approximate surface area is 176 Å². The van der Waals surface area contributed by atoms with E-state index in [2.05, 4.69) is 74.6 Å². The maximum Gasteiger partial charge on any atom is 0.107 e. The van der Waals surface area contributed by atoms with Gasteiger partial charge in [-0.3, -0.25) is 0 Å². The molecule has 1 N–H and O–H groups in total. The first-order chi connectivity index (χ1) is 13.9. The lowest BCUT2D eigenvalue weighted by Crippen LogP contribution is -2.51. The van der Waals surface area contributed by atoms with Gasteiger partial charge in [-0.25, -0.2) is 0 Å². The van der Waals surface area contributed by atoms with Crippen LogP contribution < -0.4 is 5.32 Å². The van der Waals surface area contributed by atoms with E-state index >= 15 is 0 Å². The Hall–Kier alpha value is -1.62. The van der Waals surface area contributed by atoms with Gasteiger partial charge in [-0.1, -0.05) is 30.3 Å². The highest BCUT2D eigenvalue weighted by Gasteiger charge is 2.40. The zero-order chi connectivity index (χ0) is 20.7. The van der Waals surface area contributed by atoms with Crippen molar-refractivity contribution in [2.24, 2.45) is 5.41 Å². The number of ether oxygens (including phenoxy) is 1. The molecule has 160 valence electrons. The van der Waals surface area contributed by atoms with Crippen LogP contribution in [0.5, 0.6) is 0 Å². The van der Waals surface area contributed by atoms with E-state index in [1.54, 1.807) is 6.26 Å².